The Bertz CT molecular complexity index is 965. The normalized spacial score (nSPS) is 15.4. The minimum atomic E-state index is -1.27. The first-order valence-electron chi connectivity index (χ1n) is 9.24. The van der Waals surface area contributed by atoms with Crippen LogP contribution >= 0.6 is 0 Å². The molecule has 0 radical (unpaired) electrons. The van der Waals surface area contributed by atoms with Gasteiger partial charge >= 0.3 is 11.9 Å². The minimum Gasteiger partial charge on any atom is -0.493 e. The van der Waals surface area contributed by atoms with Crippen LogP contribution < -0.4 is 9.47 Å². The van der Waals surface area contributed by atoms with Gasteiger partial charge in [-0.1, -0.05) is 24.3 Å². The smallest absolute Gasteiger partial charge is 0.348 e. The van der Waals surface area contributed by atoms with Gasteiger partial charge in [-0.15, -0.1) is 0 Å². The summed E-state index contributed by atoms with van der Waals surface area (Å²) in [6, 6.07) is 11.2. The van der Waals surface area contributed by atoms with Crippen LogP contribution in [0.4, 0.5) is 0 Å². The summed E-state index contributed by atoms with van der Waals surface area (Å²) in [6.45, 7) is 7.53. The van der Waals surface area contributed by atoms with Gasteiger partial charge in [-0.05, 0) is 54.3 Å². The molecule has 0 aliphatic carbocycles. The van der Waals surface area contributed by atoms with E-state index in [1.54, 1.807) is 18.2 Å². The van der Waals surface area contributed by atoms with Crippen LogP contribution in [0.3, 0.4) is 0 Å². The van der Waals surface area contributed by atoms with Crippen LogP contribution in [-0.4, -0.2) is 24.8 Å². The van der Waals surface area contributed by atoms with Crippen molar-refractivity contribution in [2.45, 2.75) is 40.1 Å². The number of cyclic esters (lactones) is 2. The quantitative estimate of drug-likeness (QED) is 0.430. The lowest BCUT2D eigenvalue weighted by Crippen LogP contribution is -2.41. The second kappa shape index (κ2) is 7.99. The Morgan fingerprint density at radius 1 is 1.00 bits per heavy atom. The summed E-state index contributed by atoms with van der Waals surface area (Å²) in [6.07, 6.45) is 1.41. The molecule has 0 N–H and O–H groups in total. The minimum absolute atomic E-state index is 0.171. The number of benzene rings is 2. The highest BCUT2D eigenvalue weighted by Crippen LogP contribution is 2.31. The summed E-state index contributed by atoms with van der Waals surface area (Å²) >= 11 is 0. The van der Waals surface area contributed by atoms with Crippen LogP contribution in [0.25, 0.3) is 6.08 Å². The Labute approximate surface area is 170 Å². The van der Waals surface area contributed by atoms with Gasteiger partial charge in [0.1, 0.15) is 12.2 Å². The molecular formula is C23H24O6. The van der Waals surface area contributed by atoms with E-state index < -0.39 is 17.7 Å². The van der Waals surface area contributed by atoms with Crippen molar-refractivity contribution in [1.82, 2.24) is 0 Å². The monoisotopic (exact) mass is 396 g/mol. The third kappa shape index (κ3) is 4.59. The van der Waals surface area contributed by atoms with Crippen molar-refractivity contribution in [3.8, 4) is 11.5 Å². The van der Waals surface area contributed by atoms with Crippen molar-refractivity contribution in [3.05, 3.63) is 64.2 Å². The third-order valence-electron chi connectivity index (χ3n) is 4.72. The van der Waals surface area contributed by atoms with Crippen molar-refractivity contribution in [2.24, 2.45) is 0 Å². The van der Waals surface area contributed by atoms with Crippen molar-refractivity contribution in [1.29, 1.82) is 0 Å². The number of methoxy groups -OCH3 is 1. The van der Waals surface area contributed by atoms with Crippen LogP contribution in [0.1, 0.15) is 36.1 Å². The Morgan fingerprint density at radius 2 is 1.69 bits per heavy atom. The van der Waals surface area contributed by atoms with E-state index in [0.717, 1.165) is 5.56 Å². The van der Waals surface area contributed by atoms with Crippen molar-refractivity contribution < 1.29 is 28.5 Å². The Balaban J connectivity index is 1.81. The molecule has 0 bridgehead atoms. The molecule has 152 valence electrons. The standard InChI is InChI=1S/C23H24O6/c1-14-7-6-8-17(15(14)2)13-27-19-10-9-16(12-20(19)26-5)11-18-21(24)28-23(3,4)29-22(18)25/h6-12H,13H2,1-5H3. The van der Waals surface area contributed by atoms with Gasteiger partial charge in [0, 0.05) is 13.8 Å². The maximum absolute atomic E-state index is 12.1. The Hall–Kier alpha value is -3.28. The number of aryl methyl sites for hydroxylation is 1. The summed E-state index contributed by atoms with van der Waals surface area (Å²) in [4.78, 5) is 24.2. The molecule has 3 rings (SSSR count). The molecule has 6 heteroatoms. The van der Waals surface area contributed by atoms with Gasteiger partial charge in [0.15, 0.2) is 11.5 Å². The van der Waals surface area contributed by atoms with Gasteiger partial charge in [-0.2, -0.15) is 0 Å². The number of hydrogen-bond acceptors (Lipinski definition) is 6. The number of hydrogen-bond donors (Lipinski definition) is 0. The zero-order valence-corrected chi connectivity index (χ0v) is 17.2. The molecule has 2 aromatic rings. The summed E-state index contributed by atoms with van der Waals surface area (Å²) in [7, 11) is 1.53. The molecule has 6 nitrogen and oxygen atoms in total. The zero-order valence-electron chi connectivity index (χ0n) is 17.2. The molecular weight excluding hydrogens is 372 g/mol. The van der Waals surface area contributed by atoms with E-state index in [-0.39, 0.29) is 5.57 Å². The lowest BCUT2D eigenvalue weighted by molar-refractivity contribution is -0.222. The number of rotatable bonds is 5. The number of ether oxygens (including phenoxy) is 4. The lowest BCUT2D eigenvalue weighted by Gasteiger charge is -2.29. The van der Waals surface area contributed by atoms with Gasteiger partial charge in [-0.3, -0.25) is 0 Å². The second-order valence-electron chi connectivity index (χ2n) is 7.29. The van der Waals surface area contributed by atoms with Crippen LogP contribution in [0, 0.1) is 13.8 Å². The maximum atomic E-state index is 12.1. The molecule has 0 atom stereocenters. The average Bonchev–Trinajstić information content (AvgIpc) is 2.65. The van der Waals surface area contributed by atoms with Gasteiger partial charge in [0.2, 0.25) is 0 Å². The van der Waals surface area contributed by atoms with Gasteiger partial charge in [0.25, 0.3) is 5.79 Å². The SMILES string of the molecule is COc1cc(C=C2C(=O)OC(C)(C)OC2=O)ccc1OCc1cccc(C)c1C. The predicted molar refractivity (Wildman–Crippen MR) is 107 cm³/mol. The first-order chi connectivity index (χ1) is 13.7. The molecule has 1 heterocycles. The van der Waals surface area contributed by atoms with E-state index in [4.69, 9.17) is 18.9 Å². The van der Waals surface area contributed by atoms with E-state index in [2.05, 4.69) is 19.9 Å². The maximum Gasteiger partial charge on any atom is 0.348 e. The van der Waals surface area contributed by atoms with Gasteiger partial charge in [-0.25, -0.2) is 9.59 Å². The highest BCUT2D eigenvalue weighted by molar-refractivity contribution is 6.18. The van der Waals surface area contributed by atoms with E-state index in [1.165, 1.54) is 38.2 Å². The summed E-state index contributed by atoms with van der Waals surface area (Å²) < 4.78 is 21.6. The molecule has 0 aromatic heterocycles. The van der Waals surface area contributed by atoms with Gasteiger partial charge in [0.05, 0.1) is 7.11 Å². The number of carbonyl (C=O) groups is 2. The molecule has 1 aliphatic heterocycles. The molecule has 2 aromatic carbocycles. The molecule has 0 saturated carbocycles. The van der Waals surface area contributed by atoms with Crippen molar-refractivity contribution >= 4 is 18.0 Å². The van der Waals surface area contributed by atoms with Gasteiger partial charge < -0.3 is 18.9 Å². The topological polar surface area (TPSA) is 71.1 Å². The fraction of sp³-hybridized carbons (Fsp3) is 0.304. The van der Waals surface area contributed by atoms with Crippen LogP contribution in [0.5, 0.6) is 11.5 Å². The zero-order chi connectivity index (χ0) is 21.2. The molecule has 0 amide bonds. The highest BCUT2D eigenvalue weighted by Gasteiger charge is 2.38. The van der Waals surface area contributed by atoms with Crippen LogP contribution in [0.15, 0.2) is 42.0 Å². The highest BCUT2D eigenvalue weighted by atomic mass is 16.7. The molecule has 1 fully saturated rings. The first-order valence-corrected chi connectivity index (χ1v) is 9.24. The van der Waals surface area contributed by atoms with Crippen molar-refractivity contribution in [2.75, 3.05) is 7.11 Å². The fourth-order valence-electron chi connectivity index (χ4n) is 2.96. The van der Waals surface area contributed by atoms with Crippen LogP contribution in [0.2, 0.25) is 0 Å². The number of carbonyl (C=O) groups excluding carboxylic acids is 2. The van der Waals surface area contributed by atoms with E-state index >= 15 is 0 Å². The summed E-state index contributed by atoms with van der Waals surface area (Å²) in [5.74, 6) is -1.66. The molecule has 29 heavy (non-hydrogen) atoms. The van der Waals surface area contributed by atoms with E-state index in [1.807, 2.05) is 12.1 Å². The van der Waals surface area contributed by atoms with Crippen LogP contribution in [-0.2, 0) is 25.7 Å². The second-order valence-corrected chi connectivity index (χ2v) is 7.29. The fourth-order valence-corrected chi connectivity index (χ4v) is 2.96. The Kier molecular flexibility index (Phi) is 5.64. The molecule has 0 spiro atoms. The molecule has 0 unspecified atom stereocenters. The Morgan fingerprint density at radius 3 is 2.34 bits per heavy atom. The third-order valence-corrected chi connectivity index (χ3v) is 4.72. The predicted octanol–water partition coefficient (Wildman–Crippen LogP) is 4.11. The van der Waals surface area contributed by atoms with E-state index in [0.29, 0.717) is 23.7 Å². The van der Waals surface area contributed by atoms with Crippen molar-refractivity contribution in [3.63, 3.8) is 0 Å². The van der Waals surface area contributed by atoms with E-state index in [9.17, 15) is 9.59 Å². The first kappa shape index (κ1) is 20.5. The summed E-state index contributed by atoms with van der Waals surface area (Å²) in [5, 5.41) is 0. The number of esters is 2. The largest absolute Gasteiger partial charge is 0.493 e. The molecule has 1 saturated heterocycles. The average molecular weight is 396 g/mol. The summed E-state index contributed by atoms with van der Waals surface area (Å²) in [5.41, 5.74) is 3.90. The lowest BCUT2D eigenvalue weighted by atomic mass is 10.0. The molecule has 1 aliphatic rings.